The lowest BCUT2D eigenvalue weighted by Crippen LogP contribution is -2.30. The fourth-order valence-corrected chi connectivity index (χ4v) is 1.54. The molecular formula is C13H26N2O. The summed E-state index contributed by atoms with van der Waals surface area (Å²) >= 11 is 0. The van der Waals surface area contributed by atoms with Gasteiger partial charge in [0.25, 0.3) is 0 Å². The van der Waals surface area contributed by atoms with Crippen molar-refractivity contribution in [3.05, 3.63) is 12.7 Å². The highest BCUT2D eigenvalue weighted by atomic mass is 16.2. The Bertz CT molecular complexity index is 202. The minimum atomic E-state index is 0.209. The number of carbonyl (C=O) groups excluding carboxylic acids is 1. The molecule has 0 aliphatic rings. The Balaban J connectivity index is 3.54. The average molecular weight is 226 g/mol. The summed E-state index contributed by atoms with van der Waals surface area (Å²) in [7, 11) is 3.60. The maximum atomic E-state index is 11.3. The van der Waals surface area contributed by atoms with Gasteiger partial charge in [-0.15, -0.1) is 6.58 Å². The molecule has 94 valence electrons. The molecule has 1 N–H and O–H groups in total. The van der Waals surface area contributed by atoms with E-state index in [2.05, 4.69) is 18.8 Å². The van der Waals surface area contributed by atoms with Crippen molar-refractivity contribution < 1.29 is 4.79 Å². The zero-order valence-electron chi connectivity index (χ0n) is 11.0. The van der Waals surface area contributed by atoms with E-state index < -0.39 is 0 Å². The van der Waals surface area contributed by atoms with Gasteiger partial charge in [0.1, 0.15) is 0 Å². The molecule has 0 spiro atoms. The van der Waals surface area contributed by atoms with Gasteiger partial charge in [-0.2, -0.15) is 0 Å². The van der Waals surface area contributed by atoms with E-state index in [9.17, 15) is 4.79 Å². The lowest BCUT2D eigenvalue weighted by Gasteiger charge is -2.16. The Labute approximate surface area is 99.9 Å². The van der Waals surface area contributed by atoms with Crippen molar-refractivity contribution >= 4 is 5.91 Å². The van der Waals surface area contributed by atoms with Crippen molar-refractivity contribution in [2.45, 2.75) is 45.1 Å². The van der Waals surface area contributed by atoms with Crippen molar-refractivity contribution in [1.29, 1.82) is 0 Å². The zero-order chi connectivity index (χ0) is 12.4. The summed E-state index contributed by atoms with van der Waals surface area (Å²) in [6.07, 6.45) is 6.85. The Morgan fingerprint density at radius 2 is 2.19 bits per heavy atom. The number of amides is 1. The van der Waals surface area contributed by atoms with Crippen LogP contribution in [0.5, 0.6) is 0 Å². The van der Waals surface area contributed by atoms with E-state index >= 15 is 0 Å². The molecule has 1 atom stereocenters. The second kappa shape index (κ2) is 9.40. The smallest absolute Gasteiger partial charge is 0.222 e. The van der Waals surface area contributed by atoms with Gasteiger partial charge >= 0.3 is 0 Å². The Morgan fingerprint density at radius 1 is 1.50 bits per heavy atom. The SMILES string of the molecule is C=CCCC(CC)NCCCC(=O)N(C)C. The third-order valence-electron chi connectivity index (χ3n) is 2.71. The number of rotatable bonds is 9. The zero-order valence-corrected chi connectivity index (χ0v) is 11.0. The Hall–Kier alpha value is -0.830. The number of carbonyl (C=O) groups is 1. The molecule has 16 heavy (non-hydrogen) atoms. The maximum Gasteiger partial charge on any atom is 0.222 e. The van der Waals surface area contributed by atoms with E-state index in [-0.39, 0.29) is 5.91 Å². The predicted octanol–water partition coefficient (Wildman–Crippen LogP) is 2.19. The first-order valence-electron chi connectivity index (χ1n) is 6.16. The maximum absolute atomic E-state index is 11.3. The van der Waals surface area contributed by atoms with Crippen LogP contribution < -0.4 is 5.32 Å². The molecule has 0 aromatic carbocycles. The van der Waals surface area contributed by atoms with E-state index in [0.717, 1.165) is 32.2 Å². The topological polar surface area (TPSA) is 32.3 Å². The molecule has 0 aliphatic heterocycles. The minimum absolute atomic E-state index is 0.209. The molecule has 0 aliphatic carbocycles. The van der Waals surface area contributed by atoms with Crippen LogP contribution in [0.4, 0.5) is 0 Å². The molecule has 0 aromatic rings. The molecule has 1 unspecified atom stereocenters. The minimum Gasteiger partial charge on any atom is -0.349 e. The fourth-order valence-electron chi connectivity index (χ4n) is 1.54. The standard InChI is InChI=1S/C13H26N2O/c1-5-7-9-12(6-2)14-11-8-10-13(16)15(3)4/h5,12,14H,1,6-11H2,2-4H3. The first-order valence-corrected chi connectivity index (χ1v) is 6.16. The third kappa shape index (κ3) is 7.46. The monoisotopic (exact) mass is 226 g/mol. The van der Waals surface area contributed by atoms with Crippen molar-refractivity contribution in [3.8, 4) is 0 Å². The molecule has 0 rings (SSSR count). The summed E-state index contributed by atoms with van der Waals surface area (Å²) in [4.78, 5) is 13.0. The summed E-state index contributed by atoms with van der Waals surface area (Å²) in [6.45, 7) is 6.84. The molecule has 3 nitrogen and oxygen atoms in total. The fraction of sp³-hybridized carbons (Fsp3) is 0.769. The van der Waals surface area contributed by atoms with Crippen molar-refractivity contribution in [1.82, 2.24) is 10.2 Å². The summed E-state index contributed by atoms with van der Waals surface area (Å²) in [6, 6.07) is 0.562. The number of nitrogens with one attached hydrogen (secondary N) is 1. The lowest BCUT2D eigenvalue weighted by molar-refractivity contribution is -0.128. The molecule has 0 saturated heterocycles. The first kappa shape index (κ1) is 15.2. The van der Waals surface area contributed by atoms with Gasteiger partial charge < -0.3 is 10.2 Å². The number of nitrogens with zero attached hydrogens (tertiary/aromatic N) is 1. The Kier molecular flexibility index (Phi) is 8.91. The van der Waals surface area contributed by atoms with E-state index in [1.165, 1.54) is 0 Å². The van der Waals surface area contributed by atoms with Crippen LogP contribution in [0.3, 0.4) is 0 Å². The van der Waals surface area contributed by atoms with Gasteiger partial charge in [0.05, 0.1) is 0 Å². The van der Waals surface area contributed by atoms with E-state index in [1.807, 2.05) is 6.08 Å². The van der Waals surface area contributed by atoms with E-state index in [0.29, 0.717) is 12.5 Å². The highest BCUT2D eigenvalue weighted by Crippen LogP contribution is 2.02. The normalized spacial score (nSPS) is 12.2. The summed E-state index contributed by atoms with van der Waals surface area (Å²) in [5.74, 6) is 0.209. The van der Waals surface area contributed by atoms with Crippen LogP contribution in [0, 0.1) is 0 Å². The van der Waals surface area contributed by atoms with Crippen molar-refractivity contribution in [3.63, 3.8) is 0 Å². The third-order valence-corrected chi connectivity index (χ3v) is 2.71. The molecule has 0 bridgehead atoms. The summed E-state index contributed by atoms with van der Waals surface area (Å²) in [5, 5.41) is 3.48. The van der Waals surface area contributed by atoms with Crippen molar-refractivity contribution in [2.24, 2.45) is 0 Å². The quantitative estimate of drug-likeness (QED) is 0.483. The molecule has 1 amide bonds. The molecule has 0 heterocycles. The van der Waals surface area contributed by atoms with Crippen LogP contribution in [0.25, 0.3) is 0 Å². The lowest BCUT2D eigenvalue weighted by atomic mass is 10.1. The van der Waals surface area contributed by atoms with E-state index in [1.54, 1.807) is 19.0 Å². The van der Waals surface area contributed by atoms with Gasteiger partial charge in [0, 0.05) is 26.6 Å². The van der Waals surface area contributed by atoms with Gasteiger partial charge in [-0.05, 0) is 32.2 Å². The van der Waals surface area contributed by atoms with Gasteiger partial charge in [-0.1, -0.05) is 13.0 Å². The van der Waals surface area contributed by atoms with E-state index in [4.69, 9.17) is 0 Å². The molecule has 0 saturated carbocycles. The highest BCUT2D eigenvalue weighted by Gasteiger charge is 2.06. The number of hydrogen-bond donors (Lipinski definition) is 1. The molecule has 3 heteroatoms. The van der Waals surface area contributed by atoms with Gasteiger partial charge in [-0.3, -0.25) is 4.79 Å². The van der Waals surface area contributed by atoms with Crippen molar-refractivity contribution in [2.75, 3.05) is 20.6 Å². The first-order chi connectivity index (χ1) is 7.61. The molecule has 0 aromatic heterocycles. The predicted molar refractivity (Wildman–Crippen MR) is 69.4 cm³/mol. The Morgan fingerprint density at radius 3 is 2.69 bits per heavy atom. The summed E-state index contributed by atoms with van der Waals surface area (Å²) in [5.41, 5.74) is 0. The average Bonchev–Trinajstić information content (AvgIpc) is 2.27. The number of hydrogen-bond acceptors (Lipinski definition) is 2. The van der Waals surface area contributed by atoms with Crippen LogP contribution >= 0.6 is 0 Å². The largest absolute Gasteiger partial charge is 0.349 e. The second-order valence-electron chi connectivity index (χ2n) is 4.32. The molecule has 0 fully saturated rings. The van der Waals surface area contributed by atoms with Crippen LogP contribution in [-0.2, 0) is 4.79 Å². The molecular weight excluding hydrogens is 200 g/mol. The molecule has 0 radical (unpaired) electrons. The van der Waals surface area contributed by atoms with Crippen LogP contribution in [0.2, 0.25) is 0 Å². The summed E-state index contributed by atoms with van der Waals surface area (Å²) < 4.78 is 0. The van der Waals surface area contributed by atoms with Gasteiger partial charge in [0.15, 0.2) is 0 Å². The van der Waals surface area contributed by atoms with Crippen LogP contribution in [0.1, 0.15) is 39.0 Å². The second-order valence-corrected chi connectivity index (χ2v) is 4.32. The number of allylic oxidation sites excluding steroid dienone is 1. The van der Waals surface area contributed by atoms with Crippen LogP contribution in [0.15, 0.2) is 12.7 Å². The van der Waals surface area contributed by atoms with Crippen LogP contribution in [-0.4, -0.2) is 37.5 Å². The highest BCUT2D eigenvalue weighted by molar-refractivity contribution is 5.75. The van der Waals surface area contributed by atoms with Gasteiger partial charge in [-0.25, -0.2) is 0 Å². The van der Waals surface area contributed by atoms with Gasteiger partial charge in [0.2, 0.25) is 5.91 Å².